The molecule has 0 saturated carbocycles. The van der Waals surface area contributed by atoms with Gasteiger partial charge in [0.1, 0.15) is 5.65 Å². The minimum atomic E-state index is 0.600. The highest BCUT2D eigenvalue weighted by molar-refractivity contribution is 6.06. The van der Waals surface area contributed by atoms with Crippen LogP contribution in [-0.2, 0) is 0 Å². The van der Waals surface area contributed by atoms with Crippen LogP contribution in [0.2, 0.25) is 0 Å². The van der Waals surface area contributed by atoms with E-state index in [1.165, 1.54) is 0 Å². The van der Waals surface area contributed by atoms with E-state index in [0.717, 1.165) is 89.1 Å². The molecule has 0 amide bonds. The molecule has 8 aromatic carbocycles. The molecule has 11 aromatic rings. The Bertz CT molecular complexity index is 3220. The summed E-state index contributed by atoms with van der Waals surface area (Å²) in [4.78, 5) is 20.8. The Hall–Kier alpha value is -8.28. The summed E-state index contributed by atoms with van der Waals surface area (Å²) in [5, 5.41) is 2.26. The van der Waals surface area contributed by atoms with Gasteiger partial charge in [-0.05, 0) is 51.6 Å². The number of hydrogen-bond acceptors (Lipinski definition) is 4. The van der Waals surface area contributed by atoms with Gasteiger partial charge in [-0.1, -0.05) is 206 Å². The van der Waals surface area contributed by atoms with Crippen LogP contribution in [0.5, 0.6) is 0 Å². The smallest absolute Gasteiger partial charge is 0.164 e. The number of hydrogen-bond donors (Lipinski definition) is 0. The quantitative estimate of drug-likeness (QED) is 0.154. The maximum absolute atomic E-state index is 5.33. The van der Waals surface area contributed by atoms with Gasteiger partial charge >= 0.3 is 0 Å². The van der Waals surface area contributed by atoms with Crippen LogP contribution in [0.3, 0.4) is 0 Å². The lowest BCUT2D eigenvalue weighted by atomic mass is 10.0. The second-order valence-electron chi connectivity index (χ2n) is 15.1. The lowest BCUT2D eigenvalue weighted by Gasteiger charge is -2.14. The van der Waals surface area contributed by atoms with Crippen molar-refractivity contribution >= 4 is 16.4 Å². The molecule has 0 fully saturated rings. The van der Waals surface area contributed by atoms with E-state index in [9.17, 15) is 0 Å². The molecule has 0 saturated heterocycles. The Morgan fingerprint density at radius 1 is 0.262 bits per heavy atom. The highest BCUT2D eigenvalue weighted by Gasteiger charge is 2.20. The molecule has 3 aromatic heterocycles. The van der Waals surface area contributed by atoms with E-state index >= 15 is 0 Å². The van der Waals surface area contributed by atoms with Gasteiger partial charge in [-0.25, -0.2) is 19.9 Å². The summed E-state index contributed by atoms with van der Waals surface area (Å²) in [5.74, 6) is 1.83. The van der Waals surface area contributed by atoms with Crippen molar-refractivity contribution in [3.63, 3.8) is 0 Å². The van der Waals surface area contributed by atoms with Gasteiger partial charge in [0.05, 0.1) is 17.1 Å². The van der Waals surface area contributed by atoms with Gasteiger partial charge in [0.25, 0.3) is 0 Å². The number of fused-ring (bicyclic) bond motifs is 3. The van der Waals surface area contributed by atoms with Gasteiger partial charge in [-0.2, -0.15) is 0 Å². The molecule has 5 heteroatoms. The molecular weight excluding hydrogens is 743 g/mol. The average Bonchev–Trinajstić information content (AvgIpc) is 3.69. The third-order valence-electron chi connectivity index (χ3n) is 11.2. The molecule has 0 bridgehead atoms. The van der Waals surface area contributed by atoms with Crippen LogP contribution in [0.4, 0.5) is 0 Å². The summed E-state index contributed by atoms with van der Waals surface area (Å²) in [5.41, 5.74) is 14.4. The predicted octanol–water partition coefficient (Wildman–Crippen LogP) is 14.0. The highest BCUT2D eigenvalue weighted by Crippen LogP contribution is 2.39. The predicted molar refractivity (Wildman–Crippen MR) is 250 cm³/mol. The molecule has 0 unspecified atom stereocenters. The van der Waals surface area contributed by atoms with Crippen molar-refractivity contribution in [2.75, 3.05) is 0 Å². The fourth-order valence-electron chi connectivity index (χ4n) is 8.26. The molecular formula is C56H37N5. The Morgan fingerprint density at radius 2 is 0.672 bits per heavy atom. The average molecular weight is 780 g/mol. The van der Waals surface area contributed by atoms with Crippen molar-refractivity contribution in [2.24, 2.45) is 0 Å². The Balaban J connectivity index is 1.08. The first-order valence-electron chi connectivity index (χ1n) is 20.5. The fraction of sp³-hybridized carbons (Fsp3) is 0. The van der Waals surface area contributed by atoms with Gasteiger partial charge in [-0.3, -0.25) is 4.40 Å². The monoisotopic (exact) mass is 779 g/mol. The first-order valence-corrected chi connectivity index (χ1v) is 20.5. The van der Waals surface area contributed by atoms with Gasteiger partial charge in [0.15, 0.2) is 17.5 Å². The van der Waals surface area contributed by atoms with Crippen molar-refractivity contribution in [2.45, 2.75) is 0 Å². The topological polar surface area (TPSA) is 56.0 Å². The minimum Gasteiger partial charge on any atom is -0.293 e. The maximum Gasteiger partial charge on any atom is 0.164 e. The fourth-order valence-corrected chi connectivity index (χ4v) is 8.26. The van der Waals surface area contributed by atoms with E-state index in [4.69, 9.17) is 19.9 Å². The molecule has 61 heavy (non-hydrogen) atoms. The van der Waals surface area contributed by atoms with Crippen molar-refractivity contribution in [3.8, 4) is 90.2 Å². The molecule has 0 radical (unpaired) electrons. The van der Waals surface area contributed by atoms with Crippen molar-refractivity contribution in [3.05, 3.63) is 224 Å². The molecule has 0 aliphatic rings. The van der Waals surface area contributed by atoms with Crippen molar-refractivity contribution in [1.29, 1.82) is 0 Å². The lowest BCUT2D eigenvalue weighted by molar-refractivity contribution is 1.07. The summed E-state index contributed by atoms with van der Waals surface area (Å²) >= 11 is 0. The van der Waals surface area contributed by atoms with E-state index < -0.39 is 0 Å². The van der Waals surface area contributed by atoms with E-state index in [0.29, 0.717) is 17.5 Å². The molecule has 11 rings (SSSR count). The summed E-state index contributed by atoms with van der Waals surface area (Å²) in [6, 6.07) is 78.0. The van der Waals surface area contributed by atoms with Crippen LogP contribution >= 0.6 is 0 Å². The first-order chi connectivity index (χ1) is 30.2. The molecule has 0 atom stereocenters. The second kappa shape index (κ2) is 15.5. The Kier molecular flexibility index (Phi) is 9.10. The van der Waals surface area contributed by atoms with Crippen molar-refractivity contribution < 1.29 is 0 Å². The summed E-state index contributed by atoms with van der Waals surface area (Å²) in [6.07, 6.45) is 0. The van der Waals surface area contributed by atoms with Gasteiger partial charge < -0.3 is 0 Å². The Labute approximate surface area is 354 Å². The third kappa shape index (κ3) is 6.84. The lowest BCUT2D eigenvalue weighted by Crippen LogP contribution is -2.01. The van der Waals surface area contributed by atoms with Gasteiger partial charge in [-0.15, -0.1) is 0 Å². The molecule has 0 spiro atoms. The molecule has 3 heterocycles. The largest absolute Gasteiger partial charge is 0.293 e. The zero-order valence-corrected chi connectivity index (χ0v) is 33.1. The first kappa shape index (κ1) is 35.8. The number of aromatic nitrogens is 5. The van der Waals surface area contributed by atoms with Crippen LogP contribution in [0.1, 0.15) is 0 Å². The third-order valence-corrected chi connectivity index (χ3v) is 11.2. The number of nitrogens with zero attached hydrogens (tertiary/aromatic N) is 5. The Morgan fingerprint density at radius 3 is 1.21 bits per heavy atom. The highest BCUT2D eigenvalue weighted by atomic mass is 15.0. The van der Waals surface area contributed by atoms with Gasteiger partial charge in [0.2, 0.25) is 0 Å². The number of benzene rings is 8. The van der Waals surface area contributed by atoms with E-state index in [2.05, 4.69) is 211 Å². The summed E-state index contributed by atoms with van der Waals surface area (Å²) in [7, 11) is 0. The van der Waals surface area contributed by atoms with Crippen LogP contribution in [0.15, 0.2) is 224 Å². The normalized spacial score (nSPS) is 11.3. The molecule has 0 N–H and O–H groups in total. The van der Waals surface area contributed by atoms with Gasteiger partial charge in [0, 0.05) is 33.0 Å². The van der Waals surface area contributed by atoms with E-state index in [1.54, 1.807) is 0 Å². The zero-order valence-electron chi connectivity index (χ0n) is 33.1. The van der Waals surface area contributed by atoms with E-state index in [-0.39, 0.29) is 0 Å². The zero-order chi connectivity index (χ0) is 40.5. The summed E-state index contributed by atoms with van der Waals surface area (Å²) in [6.45, 7) is 0. The van der Waals surface area contributed by atoms with Crippen molar-refractivity contribution in [1.82, 2.24) is 24.3 Å². The second-order valence-corrected chi connectivity index (χ2v) is 15.1. The van der Waals surface area contributed by atoms with E-state index in [1.807, 2.05) is 18.2 Å². The van der Waals surface area contributed by atoms with Crippen LogP contribution in [0, 0.1) is 0 Å². The number of rotatable bonds is 8. The minimum absolute atomic E-state index is 0.600. The molecule has 5 nitrogen and oxygen atoms in total. The molecule has 0 aliphatic carbocycles. The van der Waals surface area contributed by atoms with Crippen LogP contribution in [-0.4, -0.2) is 24.3 Å². The SMILES string of the molecule is c1ccc(-c2cccc(-c3nc(-c4ccc(-c5cc(-c6ccccc6)nc6c7ccccc7c(-c7ccccc7)n56)cc4)nc(-c4cccc(-c5ccccc5)c4)n3)c2)cc1. The molecule has 286 valence electrons. The molecule has 0 aliphatic heterocycles. The summed E-state index contributed by atoms with van der Waals surface area (Å²) < 4.78 is 2.32. The standard InChI is InChI=1S/C56H37N5/c1-5-17-38(18-6-1)44-25-15-27-46(35-44)54-58-53(59-55(60-54)47-28-16-26-45(36-47)39-19-7-2-8-20-39)43-33-31-41(32-34-43)51-37-50(40-21-9-3-10-22-40)57-56-49-30-14-13-29-48(49)52(61(51)56)42-23-11-4-12-24-42/h1-37H. The maximum atomic E-state index is 5.33. The van der Waals surface area contributed by atoms with Crippen LogP contribution in [0.25, 0.3) is 107 Å². The van der Waals surface area contributed by atoms with Crippen LogP contribution < -0.4 is 0 Å².